The second-order valence-electron chi connectivity index (χ2n) is 8.60. The number of carbonyl (C=O) groups is 2. The summed E-state index contributed by atoms with van der Waals surface area (Å²) in [6, 6.07) is -0.641. The van der Waals surface area contributed by atoms with Crippen molar-refractivity contribution in [3.8, 4) is 0 Å². The molecule has 2 rings (SSSR count). The predicted molar refractivity (Wildman–Crippen MR) is 113 cm³/mol. The molecule has 0 radical (unpaired) electrons. The number of amides is 2. The summed E-state index contributed by atoms with van der Waals surface area (Å²) >= 11 is 0. The van der Waals surface area contributed by atoms with E-state index in [1.54, 1.807) is 13.8 Å². The lowest BCUT2D eigenvalue weighted by Gasteiger charge is -2.28. The molecule has 8 nitrogen and oxygen atoms in total. The molecular weight excluding hydrogens is 388 g/mol. The number of rotatable bonds is 7. The summed E-state index contributed by atoms with van der Waals surface area (Å²) in [6.45, 7) is 10.1. The number of aliphatic hydroxyl groups is 1. The van der Waals surface area contributed by atoms with E-state index >= 15 is 0 Å². The zero-order valence-electron chi connectivity index (χ0n) is 18.9. The summed E-state index contributed by atoms with van der Waals surface area (Å²) in [4.78, 5) is 25.0. The lowest BCUT2D eigenvalue weighted by molar-refractivity contribution is -0.169. The summed E-state index contributed by atoms with van der Waals surface area (Å²) in [6.07, 6.45) is 2.14. The minimum atomic E-state index is -1.28. The fourth-order valence-corrected chi connectivity index (χ4v) is 3.54. The highest BCUT2D eigenvalue weighted by atomic mass is 16.8. The van der Waals surface area contributed by atoms with Crippen LogP contribution in [-0.2, 0) is 23.8 Å². The average molecular weight is 425 g/mol. The molecule has 5 atom stereocenters. The Labute approximate surface area is 179 Å². The molecule has 0 unspecified atom stereocenters. The van der Waals surface area contributed by atoms with Gasteiger partial charge in [0.15, 0.2) is 11.9 Å². The Kier molecular flexibility index (Phi) is 8.61. The van der Waals surface area contributed by atoms with Gasteiger partial charge in [0, 0.05) is 13.7 Å². The SMILES string of the molecule is CO[C@@H](C(=O)N[C@H]1CCCCNC1=O)[C@H](O)[C@H]1OC(C)(C)O[C@@H]1/C=C/C(C)=C(C)C. The van der Waals surface area contributed by atoms with Crippen LogP contribution in [0.5, 0.6) is 0 Å². The minimum absolute atomic E-state index is 0.218. The topological polar surface area (TPSA) is 106 Å². The van der Waals surface area contributed by atoms with E-state index in [0.717, 1.165) is 24.0 Å². The number of aliphatic hydroxyl groups excluding tert-OH is 1. The summed E-state index contributed by atoms with van der Waals surface area (Å²) in [7, 11) is 1.35. The van der Waals surface area contributed by atoms with Gasteiger partial charge in [0.1, 0.15) is 24.4 Å². The molecule has 8 heteroatoms. The van der Waals surface area contributed by atoms with Gasteiger partial charge >= 0.3 is 0 Å². The molecule has 2 amide bonds. The average Bonchev–Trinajstić information content (AvgIpc) is 2.85. The van der Waals surface area contributed by atoms with Crippen LogP contribution in [0.15, 0.2) is 23.3 Å². The Bertz CT molecular complexity index is 683. The van der Waals surface area contributed by atoms with Crippen molar-refractivity contribution >= 4 is 11.8 Å². The third kappa shape index (κ3) is 6.38. The monoisotopic (exact) mass is 424 g/mol. The minimum Gasteiger partial charge on any atom is -0.387 e. The van der Waals surface area contributed by atoms with Crippen molar-refractivity contribution in [2.45, 2.75) is 90.1 Å². The number of hydrogen-bond acceptors (Lipinski definition) is 6. The number of nitrogens with one attached hydrogen (secondary N) is 2. The Hall–Kier alpha value is -1.74. The fourth-order valence-electron chi connectivity index (χ4n) is 3.54. The second kappa shape index (κ2) is 10.5. The van der Waals surface area contributed by atoms with Crippen LogP contribution in [0.4, 0.5) is 0 Å². The molecule has 0 spiro atoms. The van der Waals surface area contributed by atoms with E-state index in [4.69, 9.17) is 14.2 Å². The Morgan fingerprint density at radius 1 is 1.30 bits per heavy atom. The molecule has 0 aromatic carbocycles. The van der Waals surface area contributed by atoms with Crippen LogP contribution >= 0.6 is 0 Å². The first-order valence-electron chi connectivity index (χ1n) is 10.5. The fraction of sp³-hybridized carbons (Fsp3) is 0.727. The van der Waals surface area contributed by atoms with E-state index in [2.05, 4.69) is 10.6 Å². The van der Waals surface area contributed by atoms with Crippen LogP contribution < -0.4 is 10.6 Å². The van der Waals surface area contributed by atoms with Crippen LogP contribution in [-0.4, -0.2) is 66.8 Å². The van der Waals surface area contributed by atoms with Gasteiger partial charge < -0.3 is 30.0 Å². The van der Waals surface area contributed by atoms with Gasteiger partial charge in [0.25, 0.3) is 5.91 Å². The Morgan fingerprint density at radius 2 is 2.00 bits per heavy atom. The third-order valence-electron chi connectivity index (χ3n) is 5.50. The number of carbonyl (C=O) groups excluding carboxylic acids is 2. The van der Waals surface area contributed by atoms with Gasteiger partial charge in [-0.25, -0.2) is 0 Å². The van der Waals surface area contributed by atoms with Crippen molar-refractivity contribution in [2.75, 3.05) is 13.7 Å². The van der Waals surface area contributed by atoms with Crippen molar-refractivity contribution in [1.82, 2.24) is 10.6 Å². The number of allylic oxidation sites excluding steroid dienone is 3. The summed E-state index contributed by atoms with van der Waals surface area (Å²) in [5.41, 5.74) is 2.24. The van der Waals surface area contributed by atoms with Crippen LogP contribution in [0.1, 0.15) is 53.9 Å². The van der Waals surface area contributed by atoms with E-state index in [-0.39, 0.29) is 5.91 Å². The third-order valence-corrected chi connectivity index (χ3v) is 5.50. The molecule has 2 heterocycles. The summed E-state index contributed by atoms with van der Waals surface area (Å²) in [5.74, 6) is -1.69. The zero-order valence-corrected chi connectivity index (χ0v) is 18.9. The van der Waals surface area contributed by atoms with E-state index in [9.17, 15) is 14.7 Å². The standard InChI is InChI=1S/C22H36N2O6/c1-13(2)14(3)10-11-16-18(30-22(4,5)29-16)17(25)19(28-6)21(27)24-15-9-7-8-12-23-20(15)26/h10-11,15-19,25H,7-9,12H2,1-6H3,(H,23,26)(H,24,27)/b11-10+/t15-,16+,17+,18-,19+/m0/s1. The van der Waals surface area contributed by atoms with E-state index in [1.807, 2.05) is 32.9 Å². The smallest absolute Gasteiger partial charge is 0.252 e. The van der Waals surface area contributed by atoms with Gasteiger partial charge in [-0.1, -0.05) is 23.3 Å². The molecule has 2 fully saturated rings. The van der Waals surface area contributed by atoms with Crippen molar-refractivity contribution < 1.29 is 28.9 Å². The second-order valence-corrected chi connectivity index (χ2v) is 8.60. The first kappa shape index (κ1) is 24.5. The van der Waals surface area contributed by atoms with Gasteiger partial charge in [0.05, 0.1) is 0 Å². The normalized spacial score (nSPS) is 28.5. The molecule has 3 N–H and O–H groups in total. The highest BCUT2D eigenvalue weighted by Crippen LogP contribution is 2.32. The molecule has 2 saturated heterocycles. The lowest BCUT2D eigenvalue weighted by atomic mass is 10.0. The van der Waals surface area contributed by atoms with Crippen LogP contribution in [0, 0.1) is 0 Å². The molecule has 2 aliphatic rings. The Morgan fingerprint density at radius 3 is 2.63 bits per heavy atom. The molecule has 0 aromatic heterocycles. The largest absolute Gasteiger partial charge is 0.387 e. The molecule has 30 heavy (non-hydrogen) atoms. The van der Waals surface area contributed by atoms with Gasteiger partial charge in [-0.15, -0.1) is 0 Å². The van der Waals surface area contributed by atoms with Crippen LogP contribution in [0.3, 0.4) is 0 Å². The summed E-state index contributed by atoms with van der Waals surface area (Å²) < 4.78 is 17.1. The van der Waals surface area contributed by atoms with E-state index in [1.165, 1.54) is 7.11 Å². The van der Waals surface area contributed by atoms with E-state index in [0.29, 0.717) is 13.0 Å². The molecule has 0 saturated carbocycles. The Balaban J connectivity index is 2.14. The van der Waals surface area contributed by atoms with Crippen molar-refractivity contribution in [1.29, 1.82) is 0 Å². The maximum atomic E-state index is 12.8. The molecule has 0 aliphatic carbocycles. The van der Waals surface area contributed by atoms with Crippen molar-refractivity contribution in [3.05, 3.63) is 23.3 Å². The maximum Gasteiger partial charge on any atom is 0.252 e. The van der Waals surface area contributed by atoms with Gasteiger partial charge in [-0.3, -0.25) is 9.59 Å². The van der Waals surface area contributed by atoms with Crippen LogP contribution in [0.2, 0.25) is 0 Å². The summed E-state index contributed by atoms with van der Waals surface area (Å²) in [5, 5.41) is 16.5. The molecule has 0 bridgehead atoms. The van der Waals surface area contributed by atoms with Crippen LogP contribution in [0.25, 0.3) is 0 Å². The number of hydrogen-bond donors (Lipinski definition) is 3. The van der Waals surface area contributed by atoms with Crippen molar-refractivity contribution in [2.24, 2.45) is 0 Å². The first-order chi connectivity index (χ1) is 14.1. The molecule has 0 aromatic rings. The highest BCUT2D eigenvalue weighted by Gasteiger charge is 2.47. The van der Waals surface area contributed by atoms with Gasteiger partial charge in [-0.2, -0.15) is 0 Å². The zero-order chi connectivity index (χ0) is 22.5. The number of ether oxygens (including phenoxy) is 3. The lowest BCUT2D eigenvalue weighted by Crippen LogP contribution is -2.55. The quantitative estimate of drug-likeness (QED) is 0.536. The molecule has 2 aliphatic heterocycles. The first-order valence-corrected chi connectivity index (χ1v) is 10.5. The van der Waals surface area contributed by atoms with Crippen molar-refractivity contribution in [3.63, 3.8) is 0 Å². The van der Waals surface area contributed by atoms with Gasteiger partial charge in [0.2, 0.25) is 5.91 Å². The highest BCUT2D eigenvalue weighted by molar-refractivity contribution is 5.89. The maximum absolute atomic E-state index is 12.8. The van der Waals surface area contributed by atoms with E-state index < -0.39 is 42.2 Å². The molecule has 170 valence electrons. The molecular formula is C22H36N2O6. The predicted octanol–water partition coefficient (Wildman–Crippen LogP) is 1.58. The van der Waals surface area contributed by atoms with Gasteiger partial charge in [-0.05, 0) is 53.9 Å². The number of methoxy groups -OCH3 is 1.